The third-order valence-corrected chi connectivity index (χ3v) is 17.5. The van der Waals surface area contributed by atoms with Gasteiger partial charge in [-0.05, 0) is 145 Å². The van der Waals surface area contributed by atoms with Crippen LogP contribution in [0.3, 0.4) is 0 Å². The van der Waals surface area contributed by atoms with Crippen molar-refractivity contribution in [2.45, 2.75) is 0 Å². The summed E-state index contributed by atoms with van der Waals surface area (Å²) in [6.07, 6.45) is 0. The van der Waals surface area contributed by atoms with Crippen molar-refractivity contribution in [3.63, 3.8) is 0 Å². The number of fused-ring (bicyclic) bond motifs is 6. The van der Waals surface area contributed by atoms with E-state index in [1.54, 1.807) is 109 Å². The number of anilines is 2. The number of hydrogen-bond acceptors (Lipinski definition) is 14. The maximum absolute atomic E-state index is 15.0. The molecule has 0 radical (unpaired) electrons. The van der Waals surface area contributed by atoms with E-state index in [-0.39, 0.29) is 28.2 Å². The molecule has 0 aromatic heterocycles. The monoisotopic (exact) mass is 1070 g/mol. The fourth-order valence-electron chi connectivity index (χ4n) is 8.81. The molecular formula is C60H42N4O12P2. The van der Waals surface area contributed by atoms with Crippen LogP contribution in [0.25, 0.3) is 22.3 Å². The van der Waals surface area contributed by atoms with Gasteiger partial charge >= 0.3 is 14.7 Å². The Balaban J connectivity index is 0.000000166. The lowest BCUT2D eigenvalue weighted by molar-refractivity contribution is -0.385. The molecule has 0 amide bonds. The number of nitro benzene ring substituents is 2. The highest BCUT2D eigenvalue weighted by atomic mass is 31.2. The van der Waals surface area contributed by atoms with E-state index >= 15 is 0 Å². The minimum Gasteiger partial charge on any atom is -0.457 e. The molecule has 0 saturated heterocycles. The van der Waals surface area contributed by atoms with Gasteiger partial charge in [-0.1, -0.05) is 72.8 Å². The van der Waals surface area contributed by atoms with Crippen LogP contribution in [0.5, 0.6) is 57.5 Å². The average Bonchev–Trinajstić information content (AvgIpc) is 3.61. The third kappa shape index (κ3) is 10.1. The van der Waals surface area contributed by atoms with Gasteiger partial charge in [0.25, 0.3) is 11.4 Å². The molecule has 18 heteroatoms. The first kappa shape index (κ1) is 50.0. The smallest absolute Gasteiger partial charge is 0.311 e. The summed E-state index contributed by atoms with van der Waals surface area (Å²) in [6.45, 7) is 0. The first-order valence-electron chi connectivity index (χ1n) is 24.0. The Morgan fingerprint density at radius 3 is 1.03 bits per heavy atom. The maximum Gasteiger partial charge on any atom is 0.311 e. The second-order valence-corrected chi connectivity index (χ2v) is 22.1. The predicted octanol–water partition coefficient (Wildman–Crippen LogP) is 14.1. The van der Waals surface area contributed by atoms with E-state index in [9.17, 15) is 29.4 Å². The zero-order valence-corrected chi connectivity index (χ0v) is 42.6. The molecule has 12 rings (SSSR count). The first-order chi connectivity index (χ1) is 37.8. The normalized spacial score (nSPS) is 15.4. The molecule has 78 heavy (non-hydrogen) atoms. The molecule has 384 valence electrons. The molecule has 16 nitrogen and oxygen atoms in total. The SMILES string of the molecule is Nc1ccc(Oc2ccc(Oc3ccc(N)cc3)c(P3(=O)Oc4ccccc4-c4ccccc43)c2)cc1.O=[N+]([O-])c1ccc(Oc2ccc(Oc3ccc([N+](=O)[O-])cc3)c(P3(=O)Oc4ccccc4-c4ccccc43)c2)cc1. The number of para-hydroxylation sites is 2. The lowest BCUT2D eigenvalue weighted by Crippen LogP contribution is -2.26. The summed E-state index contributed by atoms with van der Waals surface area (Å²) in [4.78, 5) is 21.1. The summed E-state index contributed by atoms with van der Waals surface area (Å²) in [5.74, 6) is 4.14. The van der Waals surface area contributed by atoms with E-state index < -0.39 is 24.6 Å². The predicted molar refractivity (Wildman–Crippen MR) is 300 cm³/mol. The summed E-state index contributed by atoms with van der Waals surface area (Å²) >= 11 is 0. The van der Waals surface area contributed by atoms with E-state index in [0.29, 0.717) is 73.3 Å². The fraction of sp³-hybridized carbons (Fsp3) is 0. The van der Waals surface area contributed by atoms with E-state index in [2.05, 4.69) is 0 Å². The van der Waals surface area contributed by atoms with Gasteiger partial charge in [-0.25, -0.2) is 0 Å². The summed E-state index contributed by atoms with van der Waals surface area (Å²) in [5.41, 5.74) is 16.0. The summed E-state index contributed by atoms with van der Waals surface area (Å²) in [5, 5.41) is 23.8. The minimum absolute atomic E-state index is 0.0831. The minimum atomic E-state index is -3.84. The Morgan fingerprint density at radius 1 is 0.346 bits per heavy atom. The molecule has 2 heterocycles. The van der Waals surface area contributed by atoms with Gasteiger partial charge in [0.1, 0.15) is 57.5 Å². The number of benzene rings is 10. The van der Waals surface area contributed by atoms with Crippen molar-refractivity contribution >= 4 is 58.7 Å². The van der Waals surface area contributed by atoms with Gasteiger partial charge in [0.15, 0.2) is 0 Å². The Bertz CT molecular complexity index is 4030. The number of nitrogens with two attached hydrogens (primary N) is 2. The van der Waals surface area contributed by atoms with E-state index in [1.165, 1.54) is 48.5 Å². The van der Waals surface area contributed by atoms with E-state index in [0.717, 1.165) is 22.3 Å². The number of nitrogens with zero attached hydrogens (tertiary/aromatic N) is 2. The van der Waals surface area contributed by atoms with Gasteiger partial charge in [-0.2, -0.15) is 0 Å². The summed E-state index contributed by atoms with van der Waals surface area (Å²) in [7, 11) is -7.50. The van der Waals surface area contributed by atoms with Gasteiger partial charge in [0.05, 0.1) is 31.1 Å². The van der Waals surface area contributed by atoms with Crippen molar-refractivity contribution in [1.29, 1.82) is 0 Å². The van der Waals surface area contributed by atoms with Gasteiger partial charge in [0, 0.05) is 46.8 Å². The van der Waals surface area contributed by atoms with Crippen LogP contribution in [-0.2, 0) is 9.13 Å². The molecule has 0 bridgehead atoms. The molecule has 10 aromatic rings. The highest BCUT2D eigenvalue weighted by molar-refractivity contribution is 7.75. The quantitative estimate of drug-likeness (QED) is 0.0502. The molecule has 0 fully saturated rings. The van der Waals surface area contributed by atoms with Crippen molar-refractivity contribution in [1.82, 2.24) is 0 Å². The number of hydrogen-bond donors (Lipinski definition) is 2. The molecule has 2 atom stereocenters. The molecular weight excluding hydrogens is 1030 g/mol. The van der Waals surface area contributed by atoms with Crippen molar-refractivity contribution in [2.75, 3.05) is 11.5 Å². The van der Waals surface area contributed by atoms with E-state index in [1.807, 2.05) is 72.8 Å². The first-order valence-corrected chi connectivity index (χ1v) is 27.2. The molecule has 10 aromatic carbocycles. The second kappa shape index (κ2) is 20.9. The number of rotatable bonds is 12. The van der Waals surface area contributed by atoms with Crippen LogP contribution in [0.2, 0.25) is 0 Å². The Hall–Kier alpha value is -10.1. The highest BCUT2D eigenvalue weighted by Crippen LogP contribution is 2.57. The zero-order chi connectivity index (χ0) is 54.0. The largest absolute Gasteiger partial charge is 0.457 e. The number of nitrogen functional groups attached to an aromatic ring is 2. The van der Waals surface area contributed by atoms with Crippen LogP contribution < -0.4 is 60.7 Å². The second-order valence-electron chi connectivity index (χ2n) is 17.6. The van der Waals surface area contributed by atoms with Gasteiger partial charge in [-0.3, -0.25) is 29.4 Å². The molecule has 2 aliphatic heterocycles. The van der Waals surface area contributed by atoms with Crippen LogP contribution in [-0.4, -0.2) is 9.85 Å². The van der Waals surface area contributed by atoms with Crippen LogP contribution in [0, 0.1) is 20.2 Å². The zero-order valence-electron chi connectivity index (χ0n) is 40.8. The number of non-ortho nitro benzene ring substituents is 2. The molecule has 4 N–H and O–H groups in total. The lowest BCUT2D eigenvalue weighted by Gasteiger charge is -2.30. The standard InChI is InChI=1S/C30H19N2O8P.C30H23N2O4P/c33-31(34)20-9-13-22(14-10-20)38-24-17-18-28(39-23-15-11-21(12-16-23)32(35)36)30(19-24)41(37)29-8-4-2-6-26(29)25-5-1-3-7-27(25)40-41;31-20-9-13-22(14-10-20)34-24-17-18-28(35-23-15-11-21(32)12-16-23)30(19-24)37(33)29-8-4-2-6-26(29)25-5-1-3-7-27(25)36-37/h1-19H;1-19H,31-32H2. The average molecular weight is 1070 g/mol. The highest BCUT2D eigenvalue weighted by Gasteiger charge is 2.42. The van der Waals surface area contributed by atoms with Gasteiger partial charge in [0.2, 0.25) is 0 Å². The van der Waals surface area contributed by atoms with Crippen LogP contribution in [0.15, 0.2) is 231 Å². The molecule has 2 aliphatic rings. The summed E-state index contributed by atoms with van der Waals surface area (Å²) < 4.78 is 66.9. The van der Waals surface area contributed by atoms with Crippen LogP contribution in [0.4, 0.5) is 22.7 Å². The number of nitro groups is 2. The maximum atomic E-state index is 15.0. The van der Waals surface area contributed by atoms with Crippen LogP contribution >= 0.6 is 14.7 Å². The van der Waals surface area contributed by atoms with Crippen molar-refractivity contribution in [3.05, 3.63) is 251 Å². The molecule has 0 spiro atoms. The van der Waals surface area contributed by atoms with Crippen molar-refractivity contribution in [2.24, 2.45) is 0 Å². The van der Waals surface area contributed by atoms with Crippen molar-refractivity contribution in [3.8, 4) is 79.7 Å². The number of ether oxygens (including phenoxy) is 4. The van der Waals surface area contributed by atoms with Gasteiger partial charge in [-0.15, -0.1) is 0 Å². The molecule has 2 unspecified atom stereocenters. The Labute approximate surface area is 445 Å². The lowest BCUT2D eigenvalue weighted by atomic mass is 10.0. The third-order valence-electron chi connectivity index (χ3n) is 12.5. The van der Waals surface area contributed by atoms with Gasteiger partial charge < -0.3 is 39.5 Å². The topological polar surface area (TPSA) is 228 Å². The van der Waals surface area contributed by atoms with Crippen LogP contribution in [0.1, 0.15) is 0 Å². The Morgan fingerprint density at radius 2 is 0.654 bits per heavy atom. The van der Waals surface area contributed by atoms with Crippen molar-refractivity contribution < 1.29 is 47.0 Å². The summed E-state index contributed by atoms with van der Waals surface area (Å²) in [6, 6.07) is 64.8. The Kier molecular flexibility index (Phi) is 13.4. The van der Waals surface area contributed by atoms with E-state index in [4.69, 9.17) is 39.5 Å². The molecule has 0 aliphatic carbocycles. The molecule has 0 saturated carbocycles. The fourth-order valence-corrected chi connectivity index (χ4v) is 13.6.